The van der Waals surface area contributed by atoms with Crippen LogP contribution in [0.4, 0.5) is 0 Å². The third kappa shape index (κ3) is 3.11. The lowest BCUT2D eigenvalue weighted by molar-refractivity contribution is 0.563. The maximum absolute atomic E-state index is 12.4. The SMILES string of the molecule is O=c1oc2ccccc2cc1-c1cn2cc(Cc3ccc(Br)cc3)sc2n1. The second-order valence-corrected chi connectivity index (χ2v) is 8.31. The van der Waals surface area contributed by atoms with Gasteiger partial charge in [0.25, 0.3) is 0 Å². The highest BCUT2D eigenvalue weighted by molar-refractivity contribution is 9.10. The van der Waals surface area contributed by atoms with E-state index in [4.69, 9.17) is 4.42 Å². The van der Waals surface area contributed by atoms with Crippen LogP contribution in [0.5, 0.6) is 0 Å². The number of hydrogen-bond acceptors (Lipinski definition) is 4. The molecule has 132 valence electrons. The molecule has 0 N–H and O–H groups in total. The maximum atomic E-state index is 12.4. The van der Waals surface area contributed by atoms with E-state index in [2.05, 4.69) is 39.2 Å². The van der Waals surface area contributed by atoms with Gasteiger partial charge in [-0.1, -0.05) is 46.3 Å². The molecule has 0 saturated carbocycles. The lowest BCUT2D eigenvalue weighted by Gasteiger charge is -1.99. The number of hydrogen-bond donors (Lipinski definition) is 0. The van der Waals surface area contributed by atoms with Gasteiger partial charge in [-0.15, -0.1) is 11.3 Å². The molecule has 0 radical (unpaired) electrons. The average Bonchev–Trinajstić information content (AvgIpc) is 3.21. The molecule has 0 unspecified atom stereocenters. The summed E-state index contributed by atoms with van der Waals surface area (Å²) in [5.74, 6) is 0. The van der Waals surface area contributed by atoms with Gasteiger partial charge in [-0.05, 0) is 29.8 Å². The standard InChI is InChI=1S/C21H13BrN2O2S/c22-15-7-5-13(6-8-15)9-16-11-24-12-18(23-21(24)27-16)17-10-14-3-1-2-4-19(14)26-20(17)25/h1-8,10-12H,9H2. The minimum Gasteiger partial charge on any atom is -0.422 e. The zero-order chi connectivity index (χ0) is 18.4. The van der Waals surface area contributed by atoms with Crippen molar-refractivity contribution < 1.29 is 4.42 Å². The maximum Gasteiger partial charge on any atom is 0.345 e. The van der Waals surface area contributed by atoms with Crippen molar-refractivity contribution in [3.05, 3.63) is 92.3 Å². The van der Waals surface area contributed by atoms with Crippen LogP contribution in [0.3, 0.4) is 0 Å². The number of para-hydroxylation sites is 1. The highest BCUT2D eigenvalue weighted by atomic mass is 79.9. The summed E-state index contributed by atoms with van der Waals surface area (Å²) in [4.78, 5) is 19.1. The molecular weight excluding hydrogens is 424 g/mol. The summed E-state index contributed by atoms with van der Waals surface area (Å²) in [6, 6.07) is 17.6. The van der Waals surface area contributed by atoms with Crippen LogP contribution in [0.2, 0.25) is 0 Å². The first-order valence-electron chi connectivity index (χ1n) is 8.41. The Kier molecular flexibility index (Phi) is 3.95. The number of nitrogens with zero attached hydrogens (tertiary/aromatic N) is 2. The molecule has 2 aromatic carbocycles. The van der Waals surface area contributed by atoms with Gasteiger partial charge >= 0.3 is 5.63 Å². The van der Waals surface area contributed by atoms with Crippen molar-refractivity contribution in [2.75, 3.05) is 0 Å². The zero-order valence-electron chi connectivity index (χ0n) is 14.1. The van der Waals surface area contributed by atoms with E-state index >= 15 is 0 Å². The van der Waals surface area contributed by atoms with Crippen molar-refractivity contribution in [2.45, 2.75) is 6.42 Å². The molecule has 3 heterocycles. The number of fused-ring (bicyclic) bond motifs is 2. The Hall–Kier alpha value is -2.70. The van der Waals surface area contributed by atoms with Crippen LogP contribution in [-0.2, 0) is 6.42 Å². The predicted octanol–water partition coefficient (Wildman–Crippen LogP) is 5.52. The molecule has 0 atom stereocenters. The van der Waals surface area contributed by atoms with Crippen LogP contribution in [0.25, 0.3) is 27.2 Å². The quantitative estimate of drug-likeness (QED) is 0.349. The summed E-state index contributed by atoms with van der Waals surface area (Å²) in [6.45, 7) is 0. The second-order valence-electron chi connectivity index (χ2n) is 6.30. The summed E-state index contributed by atoms with van der Waals surface area (Å²) >= 11 is 5.09. The normalized spacial score (nSPS) is 11.4. The molecule has 3 aromatic heterocycles. The number of thiazole rings is 1. The van der Waals surface area contributed by atoms with Gasteiger partial charge in [-0.2, -0.15) is 0 Å². The fourth-order valence-corrected chi connectivity index (χ4v) is 4.36. The van der Waals surface area contributed by atoms with Crippen LogP contribution < -0.4 is 5.63 Å². The molecule has 0 aliphatic carbocycles. The van der Waals surface area contributed by atoms with Gasteiger partial charge in [0.15, 0.2) is 4.96 Å². The fraction of sp³-hybridized carbons (Fsp3) is 0.0476. The molecule has 5 rings (SSSR count). The van der Waals surface area contributed by atoms with Gasteiger partial charge < -0.3 is 4.42 Å². The van der Waals surface area contributed by atoms with E-state index in [-0.39, 0.29) is 5.63 Å². The van der Waals surface area contributed by atoms with Gasteiger partial charge in [0.1, 0.15) is 5.58 Å². The van der Waals surface area contributed by atoms with Crippen molar-refractivity contribution in [3.63, 3.8) is 0 Å². The van der Waals surface area contributed by atoms with Gasteiger partial charge in [0.05, 0.1) is 11.3 Å². The molecule has 0 spiro atoms. The smallest absolute Gasteiger partial charge is 0.345 e. The van der Waals surface area contributed by atoms with Crippen LogP contribution in [-0.4, -0.2) is 9.38 Å². The van der Waals surface area contributed by atoms with Gasteiger partial charge in [-0.25, -0.2) is 9.78 Å². The molecule has 6 heteroatoms. The van der Waals surface area contributed by atoms with Gasteiger partial charge in [0.2, 0.25) is 0 Å². The summed E-state index contributed by atoms with van der Waals surface area (Å²) in [6.07, 6.45) is 4.81. The third-order valence-electron chi connectivity index (χ3n) is 4.41. The Labute approximate surface area is 166 Å². The lowest BCUT2D eigenvalue weighted by Crippen LogP contribution is -2.02. The van der Waals surface area contributed by atoms with E-state index in [0.29, 0.717) is 16.8 Å². The van der Waals surface area contributed by atoms with E-state index in [1.54, 1.807) is 17.4 Å². The highest BCUT2D eigenvalue weighted by Crippen LogP contribution is 2.26. The molecule has 4 nitrogen and oxygen atoms in total. The minimum atomic E-state index is -0.366. The molecule has 0 bridgehead atoms. The molecule has 27 heavy (non-hydrogen) atoms. The molecule has 5 aromatic rings. The van der Waals surface area contributed by atoms with E-state index in [1.165, 1.54) is 10.4 Å². The predicted molar refractivity (Wildman–Crippen MR) is 111 cm³/mol. The number of halogens is 1. The number of rotatable bonds is 3. The Balaban J connectivity index is 1.51. The topological polar surface area (TPSA) is 47.5 Å². The van der Waals surface area contributed by atoms with E-state index in [1.807, 2.05) is 47.0 Å². The zero-order valence-corrected chi connectivity index (χ0v) is 16.5. The minimum absolute atomic E-state index is 0.366. The Bertz CT molecular complexity index is 1300. The molecule has 0 fully saturated rings. The van der Waals surface area contributed by atoms with Crippen molar-refractivity contribution in [1.29, 1.82) is 0 Å². The first-order valence-corrected chi connectivity index (χ1v) is 10.0. The van der Waals surface area contributed by atoms with E-state index in [9.17, 15) is 4.79 Å². The van der Waals surface area contributed by atoms with Gasteiger partial charge in [-0.3, -0.25) is 4.40 Å². The van der Waals surface area contributed by atoms with Crippen molar-refractivity contribution in [1.82, 2.24) is 9.38 Å². The van der Waals surface area contributed by atoms with Crippen molar-refractivity contribution >= 4 is 43.2 Å². The van der Waals surface area contributed by atoms with Crippen molar-refractivity contribution in [3.8, 4) is 11.3 Å². The van der Waals surface area contributed by atoms with Gasteiger partial charge in [0, 0.05) is 33.6 Å². The second kappa shape index (κ2) is 6.48. The molecular formula is C21H13BrN2O2S. The largest absolute Gasteiger partial charge is 0.422 e. The van der Waals surface area contributed by atoms with Crippen LogP contribution in [0.15, 0.2) is 80.7 Å². The summed E-state index contributed by atoms with van der Waals surface area (Å²) in [5, 5.41) is 0.888. The number of aromatic nitrogens is 2. The number of benzene rings is 2. The summed E-state index contributed by atoms with van der Waals surface area (Å²) in [7, 11) is 0. The third-order valence-corrected chi connectivity index (χ3v) is 5.94. The van der Waals surface area contributed by atoms with Crippen LogP contribution in [0, 0.1) is 0 Å². The average molecular weight is 437 g/mol. The molecule has 0 amide bonds. The Morgan fingerprint density at radius 1 is 1.07 bits per heavy atom. The van der Waals surface area contributed by atoms with Crippen LogP contribution >= 0.6 is 27.3 Å². The molecule has 0 aliphatic heterocycles. The lowest BCUT2D eigenvalue weighted by atomic mass is 10.1. The van der Waals surface area contributed by atoms with E-state index in [0.717, 1.165) is 21.2 Å². The molecule has 0 aliphatic rings. The monoisotopic (exact) mass is 436 g/mol. The summed E-state index contributed by atoms with van der Waals surface area (Å²) in [5.41, 5.74) is 2.59. The molecule has 0 saturated heterocycles. The highest BCUT2D eigenvalue weighted by Gasteiger charge is 2.13. The number of imidazole rings is 1. The summed E-state index contributed by atoms with van der Waals surface area (Å²) < 4.78 is 8.48. The first kappa shape index (κ1) is 16.5. The van der Waals surface area contributed by atoms with E-state index < -0.39 is 0 Å². The van der Waals surface area contributed by atoms with Crippen LogP contribution in [0.1, 0.15) is 10.4 Å². The fourth-order valence-electron chi connectivity index (χ4n) is 3.10. The Morgan fingerprint density at radius 2 is 1.89 bits per heavy atom. The van der Waals surface area contributed by atoms with Crippen molar-refractivity contribution in [2.24, 2.45) is 0 Å². The Morgan fingerprint density at radius 3 is 2.70 bits per heavy atom. The first-order chi connectivity index (χ1) is 13.2.